The number of hydrogen-bond acceptors (Lipinski definition) is 3. The minimum atomic E-state index is -0.264. The fourth-order valence-corrected chi connectivity index (χ4v) is 2.91. The van der Waals surface area contributed by atoms with Crippen molar-refractivity contribution >= 4 is 27.3 Å². The normalized spacial score (nSPS) is 12.8. The number of nitrogens with zero attached hydrogens (tertiary/aromatic N) is 1. The molecule has 0 bridgehead atoms. The number of hydrogen-bond donors (Lipinski definition) is 1. The van der Waals surface area contributed by atoms with Crippen LogP contribution in [-0.4, -0.2) is 4.98 Å². The van der Waals surface area contributed by atoms with Crippen molar-refractivity contribution in [3.05, 3.63) is 39.6 Å². The molecule has 0 spiro atoms. The summed E-state index contributed by atoms with van der Waals surface area (Å²) >= 11 is 4.83. The third kappa shape index (κ3) is 2.31. The van der Waals surface area contributed by atoms with Crippen molar-refractivity contribution < 1.29 is 4.39 Å². The average molecular weight is 301 g/mol. The number of thiazole rings is 1. The first-order valence-corrected chi connectivity index (χ1v) is 6.41. The zero-order valence-corrected chi connectivity index (χ0v) is 11.0. The Morgan fingerprint density at radius 2 is 2.25 bits per heavy atom. The number of halogens is 2. The van der Waals surface area contributed by atoms with Crippen molar-refractivity contribution in [1.82, 2.24) is 4.98 Å². The first-order valence-electron chi connectivity index (χ1n) is 4.74. The van der Waals surface area contributed by atoms with Crippen LogP contribution in [0.3, 0.4) is 0 Å². The molecule has 0 saturated heterocycles. The van der Waals surface area contributed by atoms with Crippen molar-refractivity contribution in [1.29, 1.82) is 0 Å². The molecule has 1 aromatic heterocycles. The van der Waals surface area contributed by atoms with Crippen LogP contribution in [0.4, 0.5) is 4.39 Å². The molecule has 2 aromatic rings. The molecule has 5 heteroatoms. The molecule has 0 radical (unpaired) electrons. The van der Waals surface area contributed by atoms with E-state index in [1.165, 1.54) is 23.5 Å². The third-order valence-electron chi connectivity index (χ3n) is 2.15. The first-order chi connectivity index (χ1) is 7.58. The van der Waals surface area contributed by atoms with E-state index in [2.05, 4.69) is 20.9 Å². The van der Waals surface area contributed by atoms with Crippen molar-refractivity contribution in [2.75, 3.05) is 0 Å². The molecule has 0 fully saturated rings. The molecule has 0 amide bonds. The zero-order chi connectivity index (χ0) is 11.7. The molecule has 0 saturated carbocycles. The van der Waals surface area contributed by atoms with Gasteiger partial charge in [0, 0.05) is 21.5 Å². The maximum atomic E-state index is 12.9. The van der Waals surface area contributed by atoms with Gasteiger partial charge < -0.3 is 5.73 Å². The van der Waals surface area contributed by atoms with E-state index in [9.17, 15) is 4.39 Å². The average Bonchev–Trinajstić information content (AvgIpc) is 2.66. The van der Waals surface area contributed by atoms with Crippen LogP contribution >= 0.6 is 27.3 Å². The highest BCUT2D eigenvalue weighted by Crippen LogP contribution is 2.31. The lowest BCUT2D eigenvalue weighted by molar-refractivity contribution is 0.627. The van der Waals surface area contributed by atoms with Gasteiger partial charge in [0.25, 0.3) is 0 Å². The van der Waals surface area contributed by atoms with Crippen LogP contribution in [0.15, 0.2) is 28.1 Å². The van der Waals surface area contributed by atoms with Gasteiger partial charge in [0.2, 0.25) is 0 Å². The van der Waals surface area contributed by atoms with Gasteiger partial charge in [-0.15, -0.1) is 11.3 Å². The van der Waals surface area contributed by atoms with Gasteiger partial charge in [-0.1, -0.05) is 0 Å². The van der Waals surface area contributed by atoms with Crippen molar-refractivity contribution in [3.63, 3.8) is 0 Å². The lowest BCUT2D eigenvalue weighted by atomic mass is 10.2. The van der Waals surface area contributed by atoms with E-state index in [1.54, 1.807) is 6.07 Å². The summed E-state index contributed by atoms with van der Waals surface area (Å²) in [5.74, 6) is -0.264. The summed E-state index contributed by atoms with van der Waals surface area (Å²) < 4.78 is 13.6. The predicted octanol–water partition coefficient (Wildman–Crippen LogP) is 3.73. The molecule has 1 aromatic carbocycles. The zero-order valence-electron chi connectivity index (χ0n) is 8.58. The molecule has 1 atom stereocenters. The van der Waals surface area contributed by atoms with Gasteiger partial charge in [-0.3, -0.25) is 0 Å². The van der Waals surface area contributed by atoms with E-state index >= 15 is 0 Å². The SMILES string of the molecule is CC(N)c1csc(-c2ccc(F)cc2Br)n1. The van der Waals surface area contributed by atoms with Crippen molar-refractivity contribution in [3.8, 4) is 10.6 Å². The molecule has 1 unspecified atom stereocenters. The monoisotopic (exact) mass is 300 g/mol. The van der Waals surface area contributed by atoms with Gasteiger partial charge >= 0.3 is 0 Å². The number of rotatable bonds is 2. The topological polar surface area (TPSA) is 38.9 Å². The van der Waals surface area contributed by atoms with Gasteiger partial charge in [0.1, 0.15) is 10.8 Å². The third-order valence-corrected chi connectivity index (χ3v) is 3.70. The second kappa shape index (κ2) is 4.61. The standard InChI is InChI=1S/C11H10BrFN2S/c1-6(14)10-5-16-11(15-10)8-3-2-7(13)4-9(8)12/h2-6H,14H2,1H3. The first kappa shape index (κ1) is 11.7. The Hall–Kier alpha value is -0.780. The number of benzene rings is 1. The van der Waals surface area contributed by atoms with E-state index in [0.717, 1.165) is 16.3 Å². The Labute approximate surface area is 105 Å². The maximum absolute atomic E-state index is 12.9. The quantitative estimate of drug-likeness (QED) is 0.918. The van der Waals surface area contributed by atoms with E-state index < -0.39 is 0 Å². The molecule has 0 aliphatic rings. The number of nitrogens with two attached hydrogens (primary N) is 1. The maximum Gasteiger partial charge on any atom is 0.124 e. The van der Waals surface area contributed by atoms with E-state index in [0.29, 0.717) is 4.47 Å². The summed E-state index contributed by atoms with van der Waals surface area (Å²) in [6.07, 6.45) is 0. The minimum Gasteiger partial charge on any atom is -0.323 e. The molecular formula is C11H10BrFN2S. The van der Waals surface area contributed by atoms with Crippen LogP contribution in [0.25, 0.3) is 10.6 Å². The fraction of sp³-hybridized carbons (Fsp3) is 0.182. The molecule has 0 aliphatic carbocycles. The van der Waals surface area contributed by atoms with Gasteiger partial charge in [0.05, 0.1) is 5.69 Å². The lowest BCUT2D eigenvalue weighted by Crippen LogP contribution is -2.04. The van der Waals surface area contributed by atoms with E-state index in [1.807, 2.05) is 12.3 Å². The molecule has 16 heavy (non-hydrogen) atoms. The molecule has 2 nitrogen and oxygen atoms in total. The van der Waals surface area contributed by atoms with Gasteiger partial charge in [-0.2, -0.15) is 0 Å². The molecule has 1 heterocycles. The van der Waals surface area contributed by atoms with Gasteiger partial charge in [-0.05, 0) is 41.1 Å². The van der Waals surface area contributed by atoms with Crippen molar-refractivity contribution in [2.24, 2.45) is 5.73 Å². The van der Waals surface area contributed by atoms with Crippen LogP contribution in [0.2, 0.25) is 0 Å². The largest absolute Gasteiger partial charge is 0.323 e. The predicted molar refractivity (Wildman–Crippen MR) is 67.8 cm³/mol. The minimum absolute atomic E-state index is 0.0794. The highest BCUT2D eigenvalue weighted by molar-refractivity contribution is 9.10. The molecule has 84 valence electrons. The number of aromatic nitrogens is 1. The van der Waals surface area contributed by atoms with Crippen LogP contribution < -0.4 is 5.73 Å². The van der Waals surface area contributed by atoms with Crippen LogP contribution in [-0.2, 0) is 0 Å². The molecule has 2 N–H and O–H groups in total. The summed E-state index contributed by atoms with van der Waals surface area (Å²) in [7, 11) is 0. The fourth-order valence-electron chi connectivity index (χ4n) is 1.28. The van der Waals surface area contributed by atoms with E-state index in [-0.39, 0.29) is 11.9 Å². The molecule has 0 aliphatic heterocycles. The van der Waals surface area contributed by atoms with Crippen molar-refractivity contribution in [2.45, 2.75) is 13.0 Å². The summed E-state index contributed by atoms with van der Waals surface area (Å²) in [5.41, 5.74) is 7.48. The van der Waals surface area contributed by atoms with Crippen LogP contribution in [0, 0.1) is 5.82 Å². The Kier molecular flexibility index (Phi) is 3.37. The molecule has 2 rings (SSSR count). The lowest BCUT2D eigenvalue weighted by Gasteiger charge is -2.01. The Morgan fingerprint density at radius 1 is 1.50 bits per heavy atom. The van der Waals surface area contributed by atoms with E-state index in [4.69, 9.17) is 5.73 Å². The summed E-state index contributed by atoms with van der Waals surface area (Å²) in [5, 5.41) is 2.77. The highest BCUT2D eigenvalue weighted by atomic mass is 79.9. The van der Waals surface area contributed by atoms with Gasteiger partial charge in [-0.25, -0.2) is 9.37 Å². The van der Waals surface area contributed by atoms with Crippen LogP contribution in [0.5, 0.6) is 0 Å². The highest BCUT2D eigenvalue weighted by Gasteiger charge is 2.10. The molecular weight excluding hydrogens is 291 g/mol. The Balaban J connectivity index is 2.42. The second-order valence-corrected chi connectivity index (χ2v) is 5.20. The summed E-state index contributed by atoms with van der Waals surface area (Å²) in [4.78, 5) is 4.41. The second-order valence-electron chi connectivity index (χ2n) is 3.49. The van der Waals surface area contributed by atoms with Crippen LogP contribution in [0.1, 0.15) is 18.7 Å². The Bertz CT molecular complexity index is 510. The smallest absolute Gasteiger partial charge is 0.124 e. The summed E-state index contributed by atoms with van der Waals surface area (Å²) in [6.45, 7) is 1.89. The van der Waals surface area contributed by atoms with Gasteiger partial charge in [0.15, 0.2) is 0 Å². The summed E-state index contributed by atoms with van der Waals surface area (Å²) in [6, 6.07) is 4.49. The Morgan fingerprint density at radius 3 is 2.81 bits per heavy atom.